The molecule has 1 rings (SSSR count). The summed E-state index contributed by atoms with van der Waals surface area (Å²) in [6, 6.07) is 5.99. The molecule has 0 heterocycles. The lowest BCUT2D eigenvalue weighted by atomic mass is 9.73. The Balaban J connectivity index is 3.06. The molecule has 0 fully saturated rings. The molecule has 3 N–H and O–H groups in total. The summed E-state index contributed by atoms with van der Waals surface area (Å²) in [7, 11) is 0. The lowest BCUT2D eigenvalue weighted by molar-refractivity contribution is -0.151. The first-order valence-electron chi connectivity index (χ1n) is 5.60. The zero-order valence-corrected chi connectivity index (χ0v) is 10.1. The van der Waals surface area contributed by atoms with Crippen LogP contribution in [0.2, 0.25) is 0 Å². The van der Waals surface area contributed by atoms with Crippen LogP contribution in [0.4, 0.5) is 4.39 Å². The number of aliphatic carboxylic acids is 1. The van der Waals surface area contributed by atoms with Gasteiger partial charge in [-0.3, -0.25) is 4.79 Å². The second-order valence-electron chi connectivity index (χ2n) is 4.63. The Morgan fingerprint density at radius 2 is 2.18 bits per heavy atom. The van der Waals surface area contributed by atoms with Gasteiger partial charge in [0.25, 0.3) is 0 Å². The van der Waals surface area contributed by atoms with E-state index in [1.165, 1.54) is 12.1 Å². The van der Waals surface area contributed by atoms with Crippen molar-refractivity contribution in [1.82, 2.24) is 0 Å². The molecule has 0 saturated carbocycles. The molecule has 0 radical (unpaired) electrons. The van der Waals surface area contributed by atoms with Crippen molar-refractivity contribution in [3.63, 3.8) is 0 Å². The number of rotatable bonds is 5. The number of carboxylic acids is 1. The number of hydrogen-bond donors (Lipinski definition) is 2. The van der Waals surface area contributed by atoms with Crippen LogP contribution in [0.25, 0.3) is 0 Å². The van der Waals surface area contributed by atoms with Crippen molar-refractivity contribution in [3.8, 4) is 0 Å². The van der Waals surface area contributed by atoms with Gasteiger partial charge in [0.15, 0.2) is 0 Å². The molecule has 0 bridgehead atoms. The minimum Gasteiger partial charge on any atom is -0.481 e. The van der Waals surface area contributed by atoms with Crippen LogP contribution in [0.3, 0.4) is 0 Å². The predicted octanol–water partition coefficient (Wildman–Crippen LogP) is 2.05. The minimum atomic E-state index is -1.03. The van der Waals surface area contributed by atoms with Crippen LogP contribution in [-0.4, -0.2) is 17.6 Å². The molecule has 1 atom stereocenters. The quantitative estimate of drug-likeness (QED) is 0.826. The van der Waals surface area contributed by atoms with Crippen LogP contribution in [0.5, 0.6) is 0 Å². The van der Waals surface area contributed by atoms with Crippen molar-refractivity contribution in [2.24, 2.45) is 17.1 Å². The van der Waals surface area contributed by atoms with E-state index in [2.05, 4.69) is 0 Å². The van der Waals surface area contributed by atoms with E-state index in [-0.39, 0.29) is 24.7 Å². The van der Waals surface area contributed by atoms with Gasteiger partial charge in [-0.05, 0) is 30.0 Å². The fourth-order valence-electron chi connectivity index (χ4n) is 1.93. The smallest absolute Gasteiger partial charge is 0.311 e. The van der Waals surface area contributed by atoms with Gasteiger partial charge in [0, 0.05) is 6.54 Å². The van der Waals surface area contributed by atoms with Gasteiger partial charge in [0.05, 0.1) is 5.41 Å². The molecule has 94 valence electrons. The van der Waals surface area contributed by atoms with E-state index in [9.17, 15) is 14.3 Å². The van der Waals surface area contributed by atoms with Crippen LogP contribution >= 0.6 is 0 Å². The van der Waals surface area contributed by atoms with Gasteiger partial charge in [-0.15, -0.1) is 0 Å². The lowest BCUT2D eigenvalue weighted by Crippen LogP contribution is -2.45. The molecule has 0 aliphatic carbocycles. The Hall–Kier alpha value is -1.42. The molecule has 0 amide bonds. The topological polar surface area (TPSA) is 63.3 Å². The molecule has 1 aromatic carbocycles. The normalized spacial score (nSPS) is 14.6. The van der Waals surface area contributed by atoms with Gasteiger partial charge >= 0.3 is 5.97 Å². The van der Waals surface area contributed by atoms with Crippen LogP contribution in [0.15, 0.2) is 24.3 Å². The van der Waals surface area contributed by atoms with Crippen molar-refractivity contribution >= 4 is 5.97 Å². The summed E-state index contributed by atoms with van der Waals surface area (Å²) in [5, 5.41) is 9.35. The molecule has 4 heteroatoms. The highest BCUT2D eigenvalue weighted by atomic mass is 19.1. The van der Waals surface area contributed by atoms with Gasteiger partial charge in [-0.2, -0.15) is 0 Å². The largest absolute Gasteiger partial charge is 0.481 e. The van der Waals surface area contributed by atoms with E-state index in [4.69, 9.17) is 5.73 Å². The van der Waals surface area contributed by atoms with Crippen molar-refractivity contribution < 1.29 is 14.3 Å². The molecule has 0 aliphatic heterocycles. The first kappa shape index (κ1) is 13.6. The van der Waals surface area contributed by atoms with Gasteiger partial charge in [0.2, 0.25) is 0 Å². The summed E-state index contributed by atoms with van der Waals surface area (Å²) in [6.07, 6.45) is 0.244. The zero-order chi connectivity index (χ0) is 13.1. The number of hydrogen-bond acceptors (Lipinski definition) is 2. The Morgan fingerprint density at radius 3 is 2.59 bits per heavy atom. The summed E-state index contributed by atoms with van der Waals surface area (Å²) in [5.41, 5.74) is 5.25. The minimum absolute atomic E-state index is 0.0382. The second kappa shape index (κ2) is 5.27. The van der Waals surface area contributed by atoms with Crippen LogP contribution < -0.4 is 5.73 Å². The predicted molar refractivity (Wildman–Crippen MR) is 64.1 cm³/mol. The van der Waals surface area contributed by atoms with Crippen LogP contribution in [0, 0.1) is 17.2 Å². The van der Waals surface area contributed by atoms with Gasteiger partial charge < -0.3 is 10.8 Å². The SMILES string of the molecule is CC(C)C(CN)(Cc1cccc(F)c1)C(=O)O. The summed E-state index contributed by atoms with van der Waals surface area (Å²) < 4.78 is 13.1. The van der Waals surface area contributed by atoms with Crippen molar-refractivity contribution in [1.29, 1.82) is 0 Å². The van der Waals surface area contributed by atoms with Crippen molar-refractivity contribution in [2.45, 2.75) is 20.3 Å². The summed E-state index contributed by atoms with van der Waals surface area (Å²) in [5.74, 6) is -1.41. The van der Waals surface area contributed by atoms with E-state index in [1.54, 1.807) is 12.1 Å². The van der Waals surface area contributed by atoms with Gasteiger partial charge in [0.1, 0.15) is 5.82 Å². The van der Waals surface area contributed by atoms with Crippen molar-refractivity contribution in [3.05, 3.63) is 35.6 Å². The molecule has 0 saturated heterocycles. The zero-order valence-electron chi connectivity index (χ0n) is 10.1. The number of carboxylic acid groups (broad SMARTS) is 1. The highest BCUT2D eigenvalue weighted by Gasteiger charge is 2.40. The molecular formula is C13H18FNO2. The standard InChI is InChI=1S/C13H18FNO2/c1-9(2)13(8-15,12(16)17)7-10-4-3-5-11(14)6-10/h3-6,9H,7-8,15H2,1-2H3,(H,16,17). The monoisotopic (exact) mass is 239 g/mol. The fourth-order valence-corrected chi connectivity index (χ4v) is 1.93. The summed E-state index contributed by atoms with van der Waals surface area (Å²) in [4.78, 5) is 11.4. The number of halogens is 1. The number of nitrogens with two attached hydrogens (primary N) is 1. The highest BCUT2D eigenvalue weighted by Crippen LogP contribution is 2.31. The molecule has 1 unspecified atom stereocenters. The number of carbonyl (C=O) groups is 1. The van der Waals surface area contributed by atoms with E-state index in [1.807, 2.05) is 13.8 Å². The Kier molecular flexibility index (Phi) is 4.23. The molecule has 0 aromatic heterocycles. The second-order valence-corrected chi connectivity index (χ2v) is 4.63. The Labute approximate surface area is 100 Å². The van der Waals surface area contributed by atoms with Crippen molar-refractivity contribution in [2.75, 3.05) is 6.54 Å². The molecular weight excluding hydrogens is 221 g/mol. The maximum absolute atomic E-state index is 13.1. The Bertz CT molecular complexity index is 406. The van der Waals surface area contributed by atoms with E-state index in [0.29, 0.717) is 5.56 Å². The third-order valence-corrected chi connectivity index (χ3v) is 3.30. The summed E-state index contributed by atoms with van der Waals surface area (Å²) in [6.45, 7) is 3.68. The Morgan fingerprint density at radius 1 is 1.53 bits per heavy atom. The van der Waals surface area contributed by atoms with E-state index in [0.717, 1.165) is 0 Å². The molecule has 0 aliphatic rings. The average molecular weight is 239 g/mol. The van der Waals surface area contributed by atoms with Crippen LogP contribution in [-0.2, 0) is 11.2 Å². The molecule has 17 heavy (non-hydrogen) atoms. The number of benzene rings is 1. The van der Waals surface area contributed by atoms with E-state index >= 15 is 0 Å². The molecule has 1 aromatic rings. The molecule has 0 spiro atoms. The maximum Gasteiger partial charge on any atom is 0.311 e. The van der Waals surface area contributed by atoms with Gasteiger partial charge in [-0.25, -0.2) is 4.39 Å². The van der Waals surface area contributed by atoms with Crippen LogP contribution in [0.1, 0.15) is 19.4 Å². The first-order valence-corrected chi connectivity index (χ1v) is 5.60. The summed E-state index contributed by atoms with van der Waals surface area (Å²) >= 11 is 0. The molecule has 3 nitrogen and oxygen atoms in total. The maximum atomic E-state index is 13.1. The lowest BCUT2D eigenvalue weighted by Gasteiger charge is -2.32. The third-order valence-electron chi connectivity index (χ3n) is 3.30. The first-order chi connectivity index (χ1) is 7.92. The highest BCUT2D eigenvalue weighted by molar-refractivity contribution is 5.75. The van der Waals surface area contributed by atoms with Gasteiger partial charge in [-0.1, -0.05) is 26.0 Å². The van der Waals surface area contributed by atoms with E-state index < -0.39 is 11.4 Å². The third kappa shape index (κ3) is 2.82. The fraction of sp³-hybridized carbons (Fsp3) is 0.462. The average Bonchev–Trinajstić information content (AvgIpc) is 2.25.